The molecule has 0 saturated heterocycles. The van der Waals surface area contributed by atoms with Crippen molar-refractivity contribution in [2.45, 2.75) is 12.8 Å². The lowest BCUT2D eigenvalue weighted by Crippen LogP contribution is -2.04. The largest absolute Gasteiger partial charge is 0.0622 e. The van der Waals surface area contributed by atoms with Gasteiger partial charge in [0.05, 0.1) is 0 Å². The van der Waals surface area contributed by atoms with E-state index in [4.69, 9.17) is 0 Å². The molecule has 0 heterocycles. The monoisotopic (exact) mass is 332 g/mol. The van der Waals surface area contributed by atoms with E-state index in [1.165, 1.54) is 44.5 Å². The lowest BCUT2D eigenvalue weighted by Gasteiger charge is -2.22. The standard InChI is InChI=1S/C26H20/c1-3-7-19(8-4-1)23-15-13-21-11-12-22-14-16-24(18-26(22)25(21)17-23)20-9-5-2-6-10-20/h1-10,13-18H,11-12H2. The first-order chi connectivity index (χ1) is 12.9. The lowest BCUT2D eigenvalue weighted by molar-refractivity contribution is 0.942. The van der Waals surface area contributed by atoms with Gasteiger partial charge in [-0.1, -0.05) is 84.9 Å². The summed E-state index contributed by atoms with van der Waals surface area (Å²) in [6.07, 6.45) is 2.25. The van der Waals surface area contributed by atoms with Crippen molar-refractivity contribution in [3.63, 3.8) is 0 Å². The Morgan fingerprint density at radius 3 is 1.23 bits per heavy atom. The first-order valence-corrected chi connectivity index (χ1v) is 9.25. The number of benzene rings is 4. The Bertz CT molecular complexity index is 971. The van der Waals surface area contributed by atoms with Crippen LogP contribution in [0.3, 0.4) is 0 Å². The number of aryl methyl sites for hydroxylation is 2. The SMILES string of the molecule is c1ccc(-c2ccc3c(c2)-c2cc(-c4ccccc4)ccc2CC3)cc1. The molecule has 0 unspecified atom stereocenters. The van der Waals surface area contributed by atoms with Crippen molar-refractivity contribution in [1.82, 2.24) is 0 Å². The van der Waals surface area contributed by atoms with Crippen molar-refractivity contribution in [3.05, 3.63) is 108 Å². The Morgan fingerprint density at radius 1 is 0.385 bits per heavy atom. The van der Waals surface area contributed by atoms with Crippen molar-refractivity contribution in [1.29, 1.82) is 0 Å². The Labute approximate surface area is 154 Å². The summed E-state index contributed by atoms with van der Waals surface area (Å²) in [6, 6.07) is 35.2. The van der Waals surface area contributed by atoms with Crippen LogP contribution in [0.15, 0.2) is 97.1 Å². The molecule has 0 spiro atoms. The number of hydrogen-bond donors (Lipinski definition) is 0. The molecule has 124 valence electrons. The van der Waals surface area contributed by atoms with Crippen LogP contribution in [-0.4, -0.2) is 0 Å². The molecule has 0 aromatic heterocycles. The maximum Gasteiger partial charge on any atom is -0.0143 e. The molecule has 1 aliphatic carbocycles. The van der Waals surface area contributed by atoms with Gasteiger partial charge >= 0.3 is 0 Å². The van der Waals surface area contributed by atoms with Crippen molar-refractivity contribution >= 4 is 0 Å². The van der Waals surface area contributed by atoms with E-state index in [2.05, 4.69) is 97.1 Å². The van der Waals surface area contributed by atoms with E-state index < -0.39 is 0 Å². The van der Waals surface area contributed by atoms with Gasteiger partial charge in [-0.3, -0.25) is 0 Å². The average molecular weight is 332 g/mol. The summed E-state index contributed by atoms with van der Waals surface area (Å²) in [7, 11) is 0. The highest BCUT2D eigenvalue weighted by molar-refractivity contribution is 5.82. The fourth-order valence-corrected chi connectivity index (χ4v) is 3.98. The molecule has 0 amide bonds. The van der Waals surface area contributed by atoms with Gasteiger partial charge in [0.2, 0.25) is 0 Å². The molecule has 4 aromatic carbocycles. The van der Waals surface area contributed by atoms with E-state index in [-0.39, 0.29) is 0 Å². The minimum atomic E-state index is 1.13. The van der Waals surface area contributed by atoms with Crippen LogP contribution < -0.4 is 0 Å². The molecule has 0 fully saturated rings. The summed E-state index contributed by atoms with van der Waals surface area (Å²) in [6.45, 7) is 0. The zero-order valence-electron chi connectivity index (χ0n) is 14.7. The van der Waals surface area contributed by atoms with Gasteiger partial charge in [0, 0.05) is 0 Å². The van der Waals surface area contributed by atoms with E-state index >= 15 is 0 Å². The van der Waals surface area contributed by atoms with Crippen LogP contribution in [0.5, 0.6) is 0 Å². The molecule has 0 atom stereocenters. The number of fused-ring (bicyclic) bond motifs is 3. The van der Waals surface area contributed by atoms with E-state index in [1.54, 1.807) is 0 Å². The quantitative estimate of drug-likeness (QED) is 0.379. The lowest BCUT2D eigenvalue weighted by atomic mass is 9.82. The van der Waals surface area contributed by atoms with Gasteiger partial charge in [0.25, 0.3) is 0 Å². The Hall–Kier alpha value is -3.12. The second-order valence-electron chi connectivity index (χ2n) is 6.98. The second kappa shape index (κ2) is 6.31. The van der Waals surface area contributed by atoms with Crippen molar-refractivity contribution < 1.29 is 0 Å². The third kappa shape index (κ3) is 2.64. The summed E-state index contributed by atoms with van der Waals surface area (Å²) in [4.78, 5) is 0. The van der Waals surface area contributed by atoms with Gasteiger partial charge in [-0.05, 0) is 69.5 Å². The fraction of sp³-hybridized carbons (Fsp3) is 0.0769. The maximum atomic E-state index is 2.37. The second-order valence-corrected chi connectivity index (χ2v) is 6.98. The van der Waals surface area contributed by atoms with Crippen LogP contribution in [0.4, 0.5) is 0 Å². The zero-order valence-corrected chi connectivity index (χ0v) is 14.7. The Morgan fingerprint density at radius 2 is 0.808 bits per heavy atom. The van der Waals surface area contributed by atoms with Crippen molar-refractivity contribution in [2.75, 3.05) is 0 Å². The molecule has 26 heavy (non-hydrogen) atoms. The van der Waals surface area contributed by atoms with Crippen LogP contribution in [0.2, 0.25) is 0 Å². The summed E-state index contributed by atoms with van der Waals surface area (Å²) < 4.78 is 0. The highest BCUT2D eigenvalue weighted by Crippen LogP contribution is 2.38. The summed E-state index contributed by atoms with van der Waals surface area (Å²) in [5.41, 5.74) is 10.9. The predicted molar refractivity (Wildman–Crippen MR) is 110 cm³/mol. The number of rotatable bonds is 2. The van der Waals surface area contributed by atoms with Crippen LogP contribution in [-0.2, 0) is 12.8 Å². The first-order valence-electron chi connectivity index (χ1n) is 9.25. The molecule has 4 aromatic rings. The van der Waals surface area contributed by atoms with Gasteiger partial charge < -0.3 is 0 Å². The summed E-state index contributed by atoms with van der Waals surface area (Å²) in [5, 5.41) is 0. The molecular weight excluding hydrogens is 312 g/mol. The third-order valence-corrected chi connectivity index (χ3v) is 5.39. The van der Waals surface area contributed by atoms with Crippen molar-refractivity contribution in [3.8, 4) is 33.4 Å². The topological polar surface area (TPSA) is 0 Å². The average Bonchev–Trinajstić information content (AvgIpc) is 2.74. The zero-order chi connectivity index (χ0) is 17.3. The van der Waals surface area contributed by atoms with Gasteiger partial charge in [-0.25, -0.2) is 0 Å². The predicted octanol–water partition coefficient (Wildman–Crippen LogP) is 6.79. The molecule has 0 heteroatoms. The third-order valence-electron chi connectivity index (χ3n) is 5.39. The van der Waals surface area contributed by atoms with Gasteiger partial charge in [0.1, 0.15) is 0 Å². The molecule has 1 aliphatic rings. The Kier molecular flexibility index (Phi) is 3.68. The minimum Gasteiger partial charge on any atom is -0.0622 e. The first kappa shape index (κ1) is 15.2. The molecule has 5 rings (SSSR count). The molecule has 0 N–H and O–H groups in total. The smallest absolute Gasteiger partial charge is 0.0143 e. The maximum absolute atomic E-state index is 2.37. The summed E-state index contributed by atoms with van der Waals surface area (Å²) in [5.74, 6) is 0. The van der Waals surface area contributed by atoms with E-state index in [1.807, 2.05) is 0 Å². The van der Waals surface area contributed by atoms with Gasteiger partial charge in [-0.15, -0.1) is 0 Å². The minimum absolute atomic E-state index is 1.13. The molecule has 0 saturated carbocycles. The highest BCUT2D eigenvalue weighted by Gasteiger charge is 2.17. The molecular formula is C26H20. The van der Waals surface area contributed by atoms with Crippen molar-refractivity contribution in [2.24, 2.45) is 0 Å². The van der Waals surface area contributed by atoms with Gasteiger partial charge in [-0.2, -0.15) is 0 Å². The van der Waals surface area contributed by atoms with Crippen LogP contribution in [0.1, 0.15) is 11.1 Å². The van der Waals surface area contributed by atoms with Crippen LogP contribution in [0, 0.1) is 0 Å². The fourth-order valence-electron chi connectivity index (χ4n) is 3.98. The normalized spacial score (nSPS) is 12.3. The molecule has 0 radical (unpaired) electrons. The van der Waals surface area contributed by atoms with E-state index in [0.29, 0.717) is 0 Å². The highest BCUT2D eigenvalue weighted by atomic mass is 14.2. The van der Waals surface area contributed by atoms with Gasteiger partial charge in [0.15, 0.2) is 0 Å². The van der Waals surface area contributed by atoms with E-state index in [9.17, 15) is 0 Å². The van der Waals surface area contributed by atoms with E-state index in [0.717, 1.165) is 12.8 Å². The Balaban J connectivity index is 1.66. The molecule has 0 nitrogen and oxygen atoms in total. The number of hydrogen-bond acceptors (Lipinski definition) is 0. The molecule has 0 bridgehead atoms. The van der Waals surface area contributed by atoms with Crippen LogP contribution in [0.25, 0.3) is 33.4 Å². The molecule has 0 aliphatic heterocycles. The van der Waals surface area contributed by atoms with Crippen LogP contribution >= 0.6 is 0 Å². The summed E-state index contributed by atoms with van der Waals surface area (Å²) >= 11 is 0.